The molecule has 0 fully saturated rings. The standard InChI is InChI=1S/C22H22N4O/c1-27-20-9-5-3-7-18(20)22-21-17(16-6-2-4-8-19(16)24-21)11-13-26(22)14-15-10-12-23-25-15/h2-10,12,22,24H,11,13-14H2,1H3,(H,23,25). The summed E-state index contributed by atoms with van der Waals surface area (Å²) in [5.74, 6) is 0.920. The summed E-state index contributed by atoms with van der Waals surface area (Å²) in [6.07, 6.45) is 2.84. The van der Waals surface area contributed by atoms with Crippen molar-refractivity contribution in [2.75, 3.05) is 13.7 Å². The number of aromatic nitrogens is 3. The van der Waals surface area contributed by atoms with Crippen molar-refractivity contribution in [3.63, 3.8) is 0 Å². The van der Waals surface area contributed by atoms with E-state index in [1.54, 1.807) is 7.11 Å². The topological polar surface area (TPSA) is 56.9 Å². The summed E-state index contributed by atoms with van der Waals surface area (Å²) in [6, 6.07) is 19.1. The molecule has 0 aliphatic carbocycles. The molecule has 0 amide bonds. The molecule has 5 rings (SSSR count). The minimum absolute atomic E-state index is 0.112. The third-order valence-electron chi connectivity index (χ3n) is 5.50. The van der Waals surface area contributed by atoms with E-state index in [4.69, 9.17) is 4.74 Å². The van der Waals surface area contributed by atoms with E-state index < -0.39 is 0 Å². The van der Waals surface area contributed by atoms with E-state index in [-0.39, 0.29) is 6.04 Å². The molecule has 0 spiro atoms. The van der Waals surface area contributed by atoms with Crippen LogP contribution in [0.15, 0.2) is 60.8 Å². The van der Waals surface area contributed by atoms with Crippen molar-refractivity contribution in [1.82, 2.24) is 20.1 Å². The second-order valence-electron chi connectivity index (χ2n) is 7.01. The van der Waals surface area contributed by atoms with E-state index in [0.29, 0.717) is 0 Å². The molecule has 2 aromatic carbocycles. The van der Waals surface area contributed by atoms with Crippen LogP contribution >= 0.6 is 0 Å². The molecular weight excluding hydrogens is 336 g/mol. The highest BCUT2D eigenvalue weighted by Crippen LogP contribution is 2.41. The molecule has 2 N–H and O–H groups in total. The van der Waals surface area contributed by atoms with Gasteiger partial charge in [0, 0.05) is 47.1 Å². The van der Waals surface area contributed by atoms with Gasteiger partial charge < -0.3 is 9.72 Å². The molecule has 1 aliphatic rings. The van der Waals surface area contributed by atoms with Crippen LogP contribution in [0.1, 0.15) is 28.6 Å². The van der Waals surface area contributed by atoms with Gasteiger partial charge in [0.1, 0.15) is 5.75 Å². The van der Waals surface area contributed by atoms with Gasteiger partial charge in [0.05, 0.1) is 13.2 Å². The van der Waals surface area contributed by atoms with Gasteiger partial charge in [-0.1, -0.05) is 36.4 Å². The van der Waals surface area contributed by atoms with E-state index in [0.717, 1.165) is 31.0 Å². The molecule has 1 aliphatic heterocycles. The Morgan fingerprint density at radius 2 is 1.96 bits per heavy atom. The van der Waals surface area contributed by atoms with Crippen LogP contribution in [0, 0.1) is 0 Å². The largest absolute Gasteiger partial charge is 0.496 e. The van der Waals surface area contributed by atoms with Crippen molar-refractivity contribution in [2.24, 2.45) is 0 Å². The fourth-order valence-electron chi connectivity index (χ4n) is 4.30. The van der Waals surface area contributed by atoms with Crippen LogP contribution in [0.25, 0.3) is 10.9 Å². The average Bonchev–Trinajstić information content (AvgIpc) is 3.35. The quantitative estimate of drug-likeness (QED) is 0.579. The van der Waals surface area contributed by atoms with E-state index in [1.807, 2.05) is 24.4 Å². The molecule has 0 bridgehead atoms. The van der Waals surface area contributed by atoms with Crippen LogP contribution in [0.2, 0.25) is 0 Å². The summed E-state index contributed by atoms with van der Waals surface area (Å²) in [5.41, 5.74) is 6.20. The zero-order chi connectivity index (χ0) is 18.2. The van der Waals surface area contributed by atoms with Crippen molar-refractivity contribution < 1.29 is 4.74 Å². The molecule has 27 heavy (non-hydrogen) atoms. The van der Waals surface area contributed by atoms with Gasteiger partial charge in [-0.3, -0.25) is 10.00 Å². The van der Waals surface area contributed by atoms with Crippen LogP contribution in [0.3, 0.4) is 0 Å². The van der Waals surface area contributed by atoms with Crippen molar-refractivity contribution in [1.29, 1.82) is 0 Å². The minimum atomic E-state index is 0.112. The van der Waals surface area contributed by atoms with E-state index >= 15 is 0 Å². The maximum absolute atomic E-state index is 5.71. The normalized spacial score (nSPS) is 17.1. The van der Waals surface area contributed by atoms with E-state index in [2.05, 4.69) is 56.5 Å². The van der Waals surface area contributed by atoms with Crippen molar-refractivity contribution in [3.8, 4) is 5.75 Å². The number of hydrogen-bond donors (Lipinski definition) is 2. The molecular formula is C22H22N4O. The minimum Gasteiger partial charge on any atom is -0.496 e. The van der Waals surface area contributed by atoms with Crippen LogP contribution in [-0.2, 0) is 13.0 Å². The molecule has 5 nitrogen and oxygen atoms in total. The summed E-state index contributed by atoms with van der Waals surface area (Å²) in [5, 5.41) is 8.54. The van der Waals surface area contributed by atoms with Gasteiger partial charge in [-0.25, -0.2) is 0 Å². The highest BCUT2D eigenvalue weighted by molar-refractivity contribution is 5.85. The molecule has 0 saturated heterocycles. The third kappa shape index (κ3) is 2.71. The summed E-state index contributed by atoms with van der Waals surface area (Å²) in [4.78, 5) is 6.19. The lowest BCUT2D eigenvalue weighted by Crippen LogP contribution is -2.36. The van der Waals surface area contributed by atoms with Crippen LogP contribution < -0.4 is 4.74 Å². The van der Waals surface area contributed by atoms with Gasteiger partial charge in [-0.15, -0.1) is 0 Å². The summed E-state index contributed by atoms with van der Waals surface area (Å²) >= 11 is 0. The Morgan fingerprint density at radius 1 is 1.11 bits per heavy atom. The number of fused-ring (bicyclic) bond motifs is 3. The molecule has 0 saturated carbocycles. The predicted octanol–water partition coefficient (Wildman–Crippen LogP) is 4.05. The molecule has 1 atom stereocenters. The Balaban J connectivity index is 1.67. The number of methoxy groups -OCH3 is 1. The van der Waals surface area contributed by atoms with Gasteiger partial charge in [0.2, 0.25) is 0 Å². The van der Waals surface area contributed by atoms with E-state index in [1.165, 1.54) is 27.7 Å². The number of nitrogens with one attached hydrogen (secondary N) is 2. The smallest absolute Gasteiger partial charge is 0.124 e. The van der Waals surface area contributed by atoms with Crippen molar-refractivity contribution >= 4 is 10.9 Å². The first-order valence-electron chi connectivity index (χ1n) is 9.30. The zero-order valence-electron chi connectivity index (χ0n) is 15.3. The fourth-order valence-corrected chi connectivity index (χ4v) is 4.30. The predicted molar refractivity (Wildman–Crippen MR) is 106 cm³/mol. The maximum Gasteiger partial charge on any atom is 0.124 e. The molecule has 2 aromatic heterocycles. The SMILES string of the molecule is COc1ccccc1C1c2[nH]c3ccccc3c2CCN1Cc1ccn[nH]1. The Morgan fingerprint density at radius 3 is 2.81 bits per heavy atom. The fraction of sp³-hybridized carbons (Fsp3) is 0.227. The number of rotatable bonds is 4. The lowest BCUT2D eigenvalue weighted by atomic mass is 9.91. The maximum atomic E-state index is 5.71. The Bertz CT molecular complexity index is 1070. The van der Waals surface area contributed by atoms with Crippen molar-refractivity contribution in [3.05, 3.63) is 83.3 Å². The van der Waals surface area contributed by atoms with Crippen molar-refractivity contribution in [2.45, 2.75) is 19.0 Å². The van der Waals surface area contributed by atoms with Crippen LogP contribution in [-0.4, -0.2) is 33.7 Å². The van der Waals surface area contributed by atoms with Gasteiger partial charge >= 0.3 is 0 Å². The monoisotopic (exact) mass is 358 g/mol. The number of hydrogen-bond acceptors (Lipinski definition) is 3. The molecule has 5 heteroatoms. The first-order valence-corrected chi connectivity index (χ1v) is 9.30. The van der Waals surface area contributed by atoms with Crippen LogP contribution in [0.5, 0.6) is 5.75 Å². The average molecular weight is 358 g/mol. The molecule has 136 valence electrons. The first kappa shape index (κ1) is 16.1. The van der Waals surface area contributed by atoms with Gasteiger partial charge in [-0.05, 0) is 30.2 Å². The number of aromatic amines is 2. The summed E-state index contributed by atoms with van der Waals surface area (Å²) in [7, 11) is 1.74. The highest BCUT2D eigenvalue weighted by Gasteiger charge is 2.33. The number of nitrogens with zero attached hydrogens (tertiary/aromatic N) is 2. The lowest BCUT2D eigenvalue weighted by molar-refractivity contribution is 0.196. The van der Waals surface area contributed by atoms with Gasteiger partial charge in [0.25, 0.3) is 0 Å². The number of benzene rings is 2. The number of ether oxygens (including phenoxy) is 1. The molecule has 4 aromatic rings. The zero-order valence-corrected chi connectivity index (χ0v) is 15.3. The van der Waals surface area contributed by atoms with Gasteiger partial charge in [-0.2, -0.15) is 5.10 Å². The molecule has 0 radical (unpaired) electrons. The van der Waals surface area contributed by atoms with E-state index in [9.17, 15) is 0 Å². The Kier molecular flexibility index (Phi) is 3.94. The second-order valence-corrected chi connectivity index (χ2v) is 7.01. The molecule has 1 unspecified atom stereocenters. The van der Waals surface area contributed by atoms with Gasteiger partial charge in [0.15, 0.2) is 0 Å². The number of para-hydroxylation sites is 2. The Labute approximate surface area is 158 Å². The first-order chi connectivity index (χ1) is 13.3. The Hall–Kier alpha value is -3.05. The highest BCUT2D eigenvalue weighted by atomic mass is 16.5. The van der Waals surface area contributed by atoms with Crippen LogP contribution in [0.4, 0.5) is 0 Å². The lowest BCUT2D eigenvalue weighted by Gasteiger charge is -2.36. The third-order valence-corrected chi connectivity index (χ3v) is 5.50. The summed E-state index contributed by atoms with van der Waals surface area (Å²) < 4.78 is 5.71. The molecule has 3 heterocycles. The number of H-pyrrole nitrogens is 2. The summed E-state index contributed by atoms with van der Waals surface area (Å²) in [6.45, 7) is 1.80. The second kappa shape index (κ2) is 6.59.